The van der Waals surface area contributed by atoms with Gasteiger partial charge in [-0.25, -0.2) is 0 Å². The van der Waals surface area contributed by atoms with E-state index in [0.717, 1.165) is 151 Å². The molecule has 2 atom stereocenters. The Labute approximate surface area is 446 Å². The Bertz CT molecular complexity index is 4700. The van der Waals surface area contributed by atoms with Crippen molar-refractivity contribution in [1.29, 1.82) is 0 Å². The van der Waals surface area contributed by atoms with E-state index in [-0.39, 0.29) is 0 Å². The van der Waals surface area contributed by atoms with Crippen LogP contribution in [0.25, 0.3) is 110 Å². The number of hydrogen-bond acceptors (Lipinski definition) is 5. The lowest BCUT2D eigenvalue weighted by Crippen LogP contribution is -2.45. The Hall–Kier alpha value is -9.32. The molecule has 0 saturated carbocycles. The highest BCUT2D eigenvalue weighted by atomic mass is 16.3. The first kappa shape index (κ1) is 45.1. The number of rotatable bonds is 8. The van der Waals surface area contributed by atoms with E-state index in [1.54, 1.807) is 0 Å². The van der Waals surface area contributed by atoms with Crippen molar-refractivity contribution in [2.75, 3.05) is 9.80 Å². The van der Waals surface area contributed by atoms with Crippen molar-refractivity contribution in [3.8, 4) is 22.3 Å². The summed E-state index contributed by atoms with van der Waals surface area (Å²) >= 11 is 0. The molecule has 0 amide bonds. The number of fused-ring (bicyclic) bond motifs is 13. The SMILES string of the molecule is CC1=CCC(C)C=C1N(c1cc2c(oc3cc(N(c4cccc5c4oc4c(-c6ccccc6)cccc45)C4(C)CC=CC=C4C)c4ccccc4c32)c2ccccc12)c1cccc2c1oc1c(-c3ccccc3)cccc12. The van der Waals surface area contributed by atoms with Gasteiger partial charge in [0.25, 0.3) is 0 Å². The minimum atomic E-state index is -0.469. The number of allylic oxidation sites excluding steroid dienone is 5. The minimum Gasteiger partial charge on any atom is -0.455 e. The number of hydrogen-bond donors (Lipinski definition) is 0. The average Bonchev–Trinajstić information content (AvgIpc) is 4.22. The molecule has 5 heteroatoms. The molecule has 0 fully saturated rings. The lowest BCUT2D eigenvalue weighted by Gasteiger charge is -2.45. The summed E-state index contributed by atoms with van der Waals surface area (Å²) in [5, 5.41) is 10.9. The maximum absolute atomic E-state index is 7.40. The van der Waals surface area contributed by atoms with Gasteiger partial charge in [-0.15, -0.1) is 0 Å². The van der Waals surface area contributed by atoms with Crippen LogP contribution in [0.4, 0.5) is 22.7 Å². The summed E-state index contributed by atoms with van der Waals surface area (Å²) in [5.41, 5.74) is 16.8. The van der Waals surface area contributed by atoms with E-state index in [4.69, 9.17) is 13.3 Å². The molecule has 0 radical (unpaired) electrons. The van der Waals surface area contributed by atoms with Gasteiger partial charge in [-0.3, -0.25) is 0 Å². The Morgan fingerprint density at radius 1 is 0.468 bits per heavy atom. The van der Waals surface area contributed by atoms with Gasteiger partial charge in [-0.05, 0) is 85.4 Å². The molecule has 0 spiro atoms. The molecular formula is C72H54N2O3. The van der Waals surface area contributed by atoms with Crippen LogP contribution in [-0.2, 0) is 0 Å². The van der Waals surface area contributed by atoms with Gasteiger partial charge in [0, 0.05) is 71.4 Å². The van der Waals surface area contributed by atoms with Gasteiger partial charge in [0.1, 0.15) is 22.3 Å². The fourth-order valence-electron chi connectivity index (χ4n) is 12.8. The van der Waals surface area contributed by atoms with Crippen LogP contribution in [0.5, 0.6) is 0 Å². The van der Waals surface area contributed by atoms with E-state index < -0.39 is 5.54 Å². The van der Waals surface area contributed by atoms with Gasteiger partial charge < -0.3 is 23.1 Å². The van der Waals surface area contributed by atoms with Crippen molar-refractivity contribution in [3.05, 3.63) is 241 Å². The summed E-state index contributed by atoms with van der Waals surface area (Å²) in [6.07, 6.45) is 13.4. The lowest BCUT2D eigenvalue weighted by molar-refractivity contribution is 0.534. The zero-order valence-electron chi connectivity index (χ0n) is 43.5. The quantitative estimate of drug-likeness (QED) is 0.152. The minimum absolute atomic E-state index is 0.335. The Morgan fingerprint density at radius 2 is 0.987 bits per heavy atom. The molecule has 0 saturated heterocycles. The van der Waals surface area contributed by atoms with E-state index in [0.29, 0.717) is 5.92 Å². The molecule has 77 heavy (non-hydrogen) atoms. The zero-order chi connectivity index (χ0) is 51.5. The van der Waals surface area contributed by atoms with Gasteiger partial charge >= 0.3 is 0 Å². The highest BCUT2D eigenvalue weighted by Crippen LogP contribution is 2.53. The molecule has 2 aliphatic rings. The number of anilines is 4. The van der Waals surface area contributed by atoms with Gasteiger partial charge in [-0.2, -0.15) is 0 Å². The van der Waals surface area contributed by atoms with E-state index in [1.165, 1.54) is 11.1 Å². The maximum Gasteiger partial charge on any atom is 0.159 e. The van der Waals surface area contributed by atoms with Gasteiger partial charge in [-0.1, -0.05) is 207 Å². The molecule has 0 aliphatic heterocycles. The van der Waals surface area contributed by atoms with Crippen LogP contribution >= 0.6 is 0 Å². The Morgan fingerprint density at radius 3 is 1.62 bits per heavy atom. The molecule has 5 nitrogen and oxygen atoms in total. The number of para-hydroxylation sites is 4. The van der Waals surface area contributed by atoms with Crippen LogP contribution in [0.15, 0.2) is 255 Å². The van der Waals surface area contributed by atoms with Crippen LogP contribution in [0.1, 0.15) is 40.5 Å². The number of furan rings is 3. The van der Waals surface area contributed by atoms with Crippen molar-refractivity contribution >= 4 is 110 Å². The average molecular weight is 995 g/mol. The standard InChI is InChI=1S/C72H54N2O3/c1-44-38-39-45(2)62(41-44)73(60-36-19-34-57-55-32-17-30-49(67(55)76-70(57)60)47-22-7-5-8-23-47)63-42-59-66-53-28-13-11-26-51(53)64(43-65(66)75-69(59)54-29-14-12-27-52(54)63)74(72(4)40-16-15-21-46(72)3)61-37-20-35-58-56-33-18-31-50(68(56)77-71(58)61)48-24-9-6-10-25-48/h5-37,39,41-44H,38,40H2,1-4H3. The zero-order valence-corrected chi connectivity index (χ0v) is 43.5. The van der Waals surface area contributed by atoms with E-state index in [9.17, 15) is 0 Å². The van der Waals surface area contributed by atoms with Gasteiger partial charge in [0.05, 0.1) is 28.3 Å². The molecule has 13 aromatic rings. The van der Waals surface area contributed by atoms with E-state index >= 15 is 0 Å². The predicted octanol–water partition coefficient (Wildman–Crippen LogP) is 20.8. The summed E-state index contributed by atoms with van der Waals surface area (Å²) in [6, 6.07) is 69.7. The summed E-state index contributed by atoms with van der Waals surface area (Å²) in [7, 11) is 0. The Balaban J connectivity index is 1.000. The van der Waals surface area contributed by atoms with Crippen LogP contribution in [-0.4, -0.2) is 5.54 Å². The Kier molecular flexibility index (Phi) is 10.2. The molecule has 2 aliphatic carbocycles. The number of benzene rings is 10. The van der Waals surface area contributed by atoms with E-state index in [1.807, 2.05) is 0 Å². The third-order valence-electron chi connectivity index (χ3n) is 16.8. The summed E-state index contributed by atoms with van der Waals surface area (Å²) in [5.74, 6) is 0.335. The summed E-state index contributed by atoms with van der Waals surface area (Å²) in [6.45, 7) is 9.19. The second-order valence-corrected chi connectivity index (χ2v) is 21.4. The second kappa shape index (κ2) is 17.4. The third-order valence-corrected chi connectivity index (χ3v) is 16.8. The van der Waals surface area contributed by atoms with Crippen molar-refractivity contribution in [2.45, 2.75) is 46.1 Å². The molecular weight excluding hydrogens is 941 g/mol. The van der Waals surface area contributed by atoms with E-state index in [2.05, 4.69) is 262 Å². The van der Waals surface area contributed by atoms with Crippen LogP contribution in [0.2, 0.25) is 0 Å². The van der Waals surface area contributed by atoms with Gasteiger partial charge in [0.15, 0.2) is 11.2 Å². The fourth-order valence-corrected chi connectivity index (χ4v) is 12.8. The van der Waals surface area contributed by atoms with Crippen molar-refractivity contribution in [3.63, 3.8) is 0 Å². The summed E-state index contributed by atoms with van der Waals surface area (Å²) in [4.78, 5) is 5.01. The largest absolute Gasteiger partial charge is 0.455 e. The first-order chi connectivity index (χ1) is 37.8. The molecule has 3 aromatic heterocycles. The fraction of sp³-hybridized carbons (Fsp3) is 0.111. The first-order valence-corrected chi connectivity index (χ1v) is 26.9. The monoisotopic (exact) mass is 994 g/mol. The molecule has 0 bridgehead atoms. The molecule has 0 N–H and O–H groups in total. The molecule has 3 heterocycles. The highest BCUT2D eigenvalue weighted by molar-refractivity contribution is 6.28. The van der Waals surface area contributed by atoms with Crippen molar-refractivity contribution in [2.24, 2.45) is 5.92 Å². The smallest absolute Gasteiger partial charge is 0.159 e. The molecule has 15 rings (SSSR count). The van der Waals surface area contributed by atoms with Crippen LogP contribution in [0.3, 0.4) is 0 Å². The normalized spacial score (nSPS) is 16.8. The summed E-state index contributed by atoms with van der Waals surface area (Å²) < 4.78 is 21.8. The molecule has 10 aromatic carbocycles. The van der Waals surface area contributed by atoms with Crippen molar-refractivity contribution < 1.29 is 13.3 Å². The lowest BCUT2D eigenvalue weighted by atomic mass is 9.82. The second-order valence-electron chi connectivity index (χ2n) is 21.4. The third kappa shape index (κ3) is 6.86. The maximum atomic E-state index is 7.40. The molecule has 370 valence electrons. The van der Waals surface area contributed by atoms with Gasteiger partial charge in [0.2, 0.25) is 0 Å². The first-order valence-electron chi connectivity index (χ1n) is 26.9. The van der Waals surface area contributed by atoms with Crippen LogP contribution in [0, 0.1) is 5.92 Å². The molecule has 2 unspecified atom stereocenters. The number of nitrogens with zero attached hydrogens (tertiary/aromatic N) is 2. The van der Waals surface area contributed by atoms with Crippen molar-refractivity contribution in [1.82, 2.24) is 0 Å². The van der Waals surface area contributed by atoms with Crippen LogP contribution < -0.4 is 9.80 Å². The highest BCUT2D eigenvalue weighted by Gasteiger charge is 2.39. The topological polar surface area (TPSA) is 45.9 Å². The predicted molar refractivity (Wildman–Crippen MR) is 323 cm³/mol.